The molecular formula is C18H16BrN3O4S. The van der Waals surface area contributed by atoms with Gasteiger partial charge in [-0.25, -0.2) is 0 Å². The van der Waals surface area contributed by atoms with E-state index in [1.165, 1.54) is 12.1 Å². The largest absolute Gasteiger partial charge is 0.366 e. The molecule has 27 heavy (non-hydrogen) atoms. The number of nitro groups is 1. The molecule has 1 aliphatic rings. The summed E-state index contributed by atoms with van der Waals surface area (Å²) in [6.45, 7) is 0.622. The Morgan fingerprint density at radius 1 is 1.26 bits per heavy atom. The van der Waals surface area contributed by atoms with Crippen LogP contribution in [-0.2, 0) is 11.2 Å². The van der Waals surface area contributed by atoms with Crippen LogP contribution < -0.4 is 10.6 Å². The first kappa shape index (κ1) is 19.4. The number of nitrogens with zero attached hydrogens (tertiary/aromatic N) is 2. The molecule has 9 heteroatoms. The molecule has 2 N–H and O–H groups in total. The number of nitrogens with two attached hydrogens (primary N) is 1. The third-order valence-electron chi connectivity index (χ3n) is 4.25. The smallest absolute Gasteiger partial charge is 0.283 e. The Balaban J connectivity index is 1.77. The Morgan fingerprint density at radius 3 is 2.74 bits per heavy atom. The van der Waals surface area contributed by atoms with Gasteiger partial charge in [-0.1, -0.05) is 15.9 Å². The van der Waals surface area contributed by atoms with E-state index in [9.17, 15) is 19.7 Å². The van der Waals surface area contributed by atoms with Crippen LogP contribution >= 0.6 is 27.7 Å². The zero-order valence-electron chi connectivity index (χ0n) is 14.2. The average Bonchev–Trinajstić information content (AvgIpc) is 2.64. The topological polar surface area (TPSA) is 107 Å². The van der Waals surface area contributed by atoms with Gasteiger partial charge in [-0.2, -0.15) is 0 Å². The summed E-state index contributed by atoms with van der Waals surface area (Å²) >= 11 is 4.52. The van der Waals surface area contributed by atoms with Crippen molar-refractivity contribution in [2.24, 2.45) is 5.73 Å². The van der Waals surface area contributed by atoms with E-state index in [0.717, 1.165) is 46.4 Å². The highest BCUT2D eigenvalue weighted by atomic mass is 79.9. The molecule has 0 aromatic heterocycles. The van der Waals surface area contributed by atoms with Gasteiger partial charge in [-0.05, 0) is 48.7 Å². The minimum Gasteiger partial charge on any atom is -0.366 e. The maximum atomic E-state index is 12.7. The molecule has 7 nitrogen and oxygen atoms in total. The molecular weight excluding hydrogens is 434 g/mol. The summed E-state index contributed by atoms with van der Waals surface area (Å²) < 4.78 is 0.968. The lowest BCUT2D eigenvalue weighted by molar-refractivity contribution is -0.387. The number of hydrogen-bond donors (Lipinski definition) is 1. The van der Waals surface area contributed by atoms with Crippen LogP contribution in [0.2, 0.25) is 0 Å². The van der Waals surface area contributed by atoms with Crippen molar-refractivity contribution in [3.63, 3.8) is 0 Å². The number of halogens is 1. The first-order valence-corrected chi connectivity index (χ1v) is 9.94. The summed E-state index contributed by atoms with van der Waals surface area (Å²) in [5, 5.41) is 11.3. The molecule has 1 aliphatic heterocycles. The molecule has 2 amide bonds. The van der Waals surface area contributed by atoms with Crippen LogP contribution in [0.5, 0.6) is 0 Å². The fraction of sp³-hybridized carbons (Fsp3) is 0.222. The summed E-state index contributed by atoms with van der Waals surface area (Å²) in [6.07, 6.45) is 1.78. The molecule has 0 bridgehead atoms. The number of amides is 2. The van der Waals surface area contributed by atoms with Gasteiger partial charge in [0.25, 0.3) is 5.69 Å². The van der Waals surface area contributed by atoms with Crippen LogP contribution in [0.1, 0.15) is 22.3 Å². The Kier molecular flexibility index (Phi) is 5.81. The van der Waals surface area contributed by atoms with Crippen molar-refractivity contribution in [3.8, 4) is 0 Å². The predicted molar refractivity (Wildman–Crippen MR) is 107 cm³/mol. The first-order valence-electron chi connectivity index (χ1n) is 8.16. The van der Waals surface area contributed by atoms with Crippen LogP contribution in [0.3, 0.4) is 0 Å². The molecule has 0 aliphatic carbocycles. The molecule has 140 valence electrons. The Hall–Kier alpha value is -2.39. The van der Waals surface area contributed by atoms with Gasteiger partial charge in [0.1, 0.15) is 0 Å². The maximum absolute atomic E-state index is 12.7. The van der Waals surface area contributed by atoms with Crippen LogP contribution in [-0.4, -0.2) is 29.0 Å². The maximum Gasteiger partial charge on any atom is 0.283 e. The van der Waals surface area contributed by atoms with Gasteiger partial charge in [0.2, 0.25) is 11.8 Å². The monoisotopic (exact) mass is 449 g/mol. The molecule has 0 saturated heterocycles. The lowest BCUT2D eigenvalue weighted by Gasteiger charge is -2.29. The molecule has 3 rings (SSSR count). The Bertz CT molecular complexity index is 935. The van der Waals surface area contributed by atoms with Crippen molar-refractivity contribution >= 4 is 50.9 Å². The Labute approximate surface area is 168 Å². The molecule has 0 saturated carbocycles. The normalized spacial score (nSPS) is 13.1. The van der Waals surface area contributed by atoms with Crippen LogP contribution in [0.25, 0.3) is 0 Å². The van der Waals surface area contributed by atoms with E-state index in [0.29, 0.717) is 11.4 Å². The quantitative estimate of drug-likeness (QED) is 0.426. The third kappa shape index (κ3) is 4.30. The minimum atomic E-state index is -0.734. The highest BCUT2D eigenvalue weighted by Gasteiger charge is 2.24. The van der Waals surface area contributed by atoms with Crippen molar-refractivity contribution in [1.29, 1.82) is 0 Å². The van der Waals surface area contributed by atoms with Crippen molar-refractivity contribution < 1.29 is 14.5 Å². The molecule has 0 unspecified atom stereocenters. The number of rotatable bonds is 5. The van der Waals surface area contributed by atoms with E-state index >= 15 is 0 Å². The molecule has 0 fully saturated rings. The molecule has 2 aromatic carbocycles. The zero-order valence-corrected chi connectivity index (χ0v) is 16.6. The van der Waals surface area contributed by atoms with E-state index in [2.05, 4.69) is 15.9 Å². The van der Waals surface area contributed by atoms with Gasteiger partial charge in [-0.15, -0.1) is 11.8 Å². The van der Waals surface area contributed by atoms with E-state index in [-0.39, 0.29) is 22.9 Å². The highest BCUT2D eigenvalue weighted by molar-refractivity contribution is 9.10. The van der Waals surface area contributed by atoms with Crippen molar-refractivity contribution in [3.05, 3.63) is 62.1 Å². The number of hydrogen-bond acceptors (Lipinski definition) is 5. The highest BCUT2D eigenvalue weighted by Crippen LogP contribution is 2.33. The minimum absolute atomic E-state index is 0.0618. The fourth-order valence-electron chi connectivity index (χ4n) is 2.98. The second kappa shape index (κ2) is 8.10. The van der Waals surface area contributed by atoms with Crippen LogP contribution in [0.4, 0.5) is 11.4 Å². The van der Waals surface area contributed by atoms with Crippen molar-refractivity contribution in [1.82, 2.24) is 0 Å². The van der Waals surface area contributed by atoms with Gasteiger partial charge >= 0.3 is 0 Å². The summed E-state index contributed by atoms with van der Waals surface area (Å²) in [5.74, 6) is -0.787. The number of benzene rings is 2. The lowest BCUT2D eigenvalue weighted by Crippen LogP contribution is -2.36. The van der Waals surface area contributed by atoms with Gasteiger partial charge in [-0.3, -0.25) is 19.7 Å². The number of carbonyl (C=O) groups is 2. The van der Waals surface area contributed by atoms with Crippen molar-refractivity contribution in [2.45, 2.75) is 17.7 Å². The average molecular weight is 450 g/mol. The lowest BCUT2D eigenvalue weighted by atomic mass is 10.0. The third-order valence-corrected chi connectivity index (χ3v) is 5.79. The molecule has 0 radical (unpaired) electrons. The van der Waals surface area contributed by atoms with E-state index in [4.69, 9.17) is 5.73 Å². The van der Waals surface area contributed by atoms with Gasteiger partial charge in [0.05, 0.1) is 15.6 Å². The molecule has 0 spiro atoms. The van der Waals surface area contributed by atoms with Crippen molar-refractivity contribution in [2.75, 3.05) is 17.2 Å². The molecule has 1 heterocycles. The fourth-order valence-corrected chi connectivity index (χ4v) is 4.27. The number of fused-ring (bicyclic) bond motifs is 1. The Morgan fingerprint density at radius 2 is 2.04 bits per heavy atom. The standard InChI is InChI=1S/C18H16BrN3O4S/c19-13-4-5-14-11(8-13)2-1-7-21(14)17(23)10-27-16-6-3-12(18(20)24)9-15(16)22(25)26/h3-6,8-9H,1-2,7,10H2,(H2,20,24). The van der Waals surface area contributed by atoms with E-state index in [1.54, 1.807) is 4.90 Å². The number of carbonyl (C=O) groups excluding carboxylic acids is 2. The summed E-state index contributed by atoms with van der Waals surface area (Å²) in [7, 11) is 0. The van der Waals surface area contributed by atoms with Crippen LogP contribution in [0, 0.1) is 10.1 Å². The number of anilines is 1. The van der Waals surface area contributed by atoms with E-state index in [1.807, 2.05) is 18.2 Å². The summed E-state index contributed by atoms with van der Waals surface area (Å²) in [4.78, 5) is 36.7. The van der Waals surface area contributed by atoms with Gasteiger partial charge in [0.15, 0.2) is 0 Å². The zero-order chi connectivity index (χ0) is 19.6. The summed E-state index contributed by atoms with van der Waals surface area (Å²) in [6, 6.07) is 9.84. The molecule has 2 aromatic rings. The number of aryl methyl sites for hydroxylation is 1. The van der Waals surface area contributed by atoms with Gasteiger partial charge < -0.3 is 10.6 Å². The number of nitro benzene ring substituents is 1. The number of primary amides is 1. The number of thioether (sulfide) groups is 1. The van der Waals surface area contributed by atoms with Crippen LogP contribution in [0.15, 0.2) is 45.8 Å². The van der Waals surface area contributed by atoms with E-state index < -0.39 is 10.8 Å². The first-order chi connectivity index (χ1) is 12.9. The second-order valence-electron chi connectivity index (χ2n) is 6.01. The van der Waals surface area contributed by atoms with Gasteiger partial charge in [0, 0.05) is 28.3 Å². The molecule has 0 atom stereocenters. The second-order valence-corrected chi connectivity index (χ2v) is 7.95. The SMILES string of the molecule is NC(=O)c1ccc(SCC(=O)N2CCCc3cc(Br)ccc32)c([N+](=O)[O-])c1. The summed E-state index contributed by atoms with van der Waals surface area (Å²) in [5.41, 5.74) is 6.99. The predicted octanol–water partition coefficient (Wildman–Crippen LogP) is 3.53.